The molecule has 4 heteroatoms. The third-order valence-electron chi connectivity index (χ3n) is 2.03. The van der Waals surface area contributed by atoms with Crippen LogP contribution in [0.4, 0.5) is 0 Å². The Kier molecular flexibility index (Phi) is 1.41. The Hall–Kier alpha value is -1.03. The molecule has 0 atom stereocenters. The molecule has 1 aliphatic rings. The van der Waals surface area contributed by atoms with Crippen LogP contribution in [0.5, 0.6) is 5.75 Å². The Morgan fingerprint density at radius 2 is 2.08 bits per heavy atom. The highest BCUT2D eigenvalue weighted by molar-refractivity contribution is 7.91. The number of hydrogen-bond acceptors (Lipinski definition) is 3. The van der Waals surface area contributed by atoms with Gasteiger partial charge >= 0.3 is 0 Å². The maximum absolute atomic E-state index is 11.3. The SMILES string of the molecule is O=S1(=O)CCc2cccc(O)c21. The van der Waals surface area contributed by atoms with Gasteiger partial charge in [-0.2, -0.15) is 0 Å². The fraction of sp³-hybridized carbons (Fsp3) is 0.250. The molecule has 1 aliphatic heterocycles. The van der Waals surface area contributed by atoms with Crippen LogP contribution in [-0.2, 0) is 16.3 Å². The van der Waals surface area contributed by atoms with Crippen LogP contribution in [-0.4, -0.2) is 19.3 Å². The van der Waals surface area contributed by atoms with Crippen LogP contribution in [0.15, 0.2) is 23.1 Å². The second-order valence-corrected chi connectivity index (χ2v) is 4.88. The summed E-state index contributed by atoms with van der Waals surface area (Å²) in [5.41, 5.74) is 0.731. The van der Waals surface area contributed by atoms with Crippen LogP contribution < -0.4 is 0 Å². The van der Waals surface area contributed by atoms with Gasteiger partial charge in [-0.15, -0.1) is 0 Å². The van der Waals surface area contributed by atoms with Crippen molar-refractivity contribution in [1.29, 1.82) is 0 Å². The van der Waals surface area contributed by atoms with Gasteiger partial charge in [0.2, 0.25) is 0 Å². The molecule has 0 bridgehead atoms. The highest BCUT2D eigenvalue weighted by Gasteiger charge is 2.28. The molecule has 0 saturated carbocycles. The second-order valence-electron chi connectivity index (χ2n) is 2.83. The predicted octanol–water partition coefficient (Wildman–Crippen LogP) is 0.722. The summed E-state index contributed by atoms with van der Waals surface area (Å²) in [6.07, 6.45) is 0.520. The molecular formula is C8H8O3S. The highest BCUT2D eigenvalue weighted by atomic mass is 32.2. The van der Waals surface area contributed by atoms with Crippen molar-refractivity contribution in [2.24, 2.45) is 0 Å². The van der Waals surface area contributed by atoms with Crippen molar-refractivity contribution in [2.45, 2.75) is 11.3 Å². The minimum Gasteiger partial charge on any atom is -0.507 e. The summed E-state index contributed by atoms with van der Waals surface area (Å²) in [6.45, 7) is 0. The molecule has 1 aromatic rings. The number of rotatable bonds is 0. The number of benzene rings is 1. The summed E-state index contributed by atoms with van der Waals surface area (Å²) >= 11 is 0. The molecule has 64 valence electrons. The number of aromatic hydroxyl groups is 1. The number of aryl methyl sites for hydroxylation is 1. The Balaban J connectivity index is 2.81. The molecule has 2 rings (SSSR count). The first-order valence-electron chi connectivity index (χ1n) is 3.65. The van der Waals surface area contributed by atoms with Crippen molar-refractivity contribution in [3.05, 3.63) is 23.8 Å². The maximum Gasteiger partial charge on any atom is 0.182 e. The Bertz CT molecular complexity index is 420. The van der Waals surface area contributed by atoms with Gasteiger partial charge in [-0.3, -0.25) is 0 Å². The lowest BCUT2D eigenvalue weighted by Crippen LogP contribution is -1.98. The number of hydrogen-bond donors (Lipinski definition) is 1. The number of fused-ring (bicyclic) bond motifs is 1. The van der Waals surface area contributed by atoms with E-state index < -0.39 is 9.84 Å². The van der Waals surface area contributed by atoms with Crippen LogP contribution in [0.3, 0.4) is 0 Å². The summed E-state index contributed by atoms with van der Waals surface area (Å²) < 4.78 is 22.6. The summed E-state index contributed by atoms with van der Waals surface area (Å²) in [5.74, 6) is 0.00454. The van der Waals surface area contributed by atoms with Crippen LogP contribution in [0.1, 0.15) is 5.56 Å². The molecule has 0 amide bonds. The van der Waals surface area contributed by atoms with Gasteiger partial charge in [0.05, 0.1) is 5.75 Å². The van der Waals surface area contributed by atoms with E-state index in [4.69, 9.17) is 0 Å². The van der Waals surface area contributed by atoms with E-state index in [1.54, 1.807) is 12.1 Å². The van der Waals surface area contributed by atoms with Crippen molar-refractivity contribution < 1.29 is 13.5 Å². The molecule has 0 radical (unpaired) electrons. The molecule has 1 N–H and O–H groups in total. The van der Waals surface area contributed by atoms with Gasteiger partial charge in [-0.05, 0) is 18.1 Å². The van der Waals surface area contributed by atoms with E-state index in [2.05, 4.69) is 0 Å². The van der Waals surface area contributed by atoms with Gasteiger partial charge in [0.15, 0.2) is 9.84 Å². The second kappa shape index (κ2) is 2.23. The van der Waals surface area contributed by atoms with E-state index in [1.807, 2.05) is 0 Å². The van der Waals surface area contributed by atoms with E-state index in [0.29, 0.717) is 6.42 Å². The molecule has 0 unspecified atom stereocenters. The van der Waals surface area contributed by atoms with Gasteiger partial charge in [0.1, 0.15) is 10.6 Å². The monoisotopic (exact) mass is 184 g/mol. The summed E-state index contributed by atoms with van der Waals surface area (Å²) in [4.78, 5) is 0.130. The zero-order valence-electron chi connectivity index (χ0n) is 6.32. The molecule has 1 heterocycles. The number of phenolic OH excluding ortho intramolecular Hbond substituents is 1. The van der Waals surface area contributed by atoms with Crippen molar-refractivity contribution in [2.75, 3.05) is 5.75 Å². The molecule has 0 fully saturated rings. The highest BCUT2D eigenvalue weighted by Crippen LogP contribution is 2.32. The third-order valence-corrected chi connectivity index (χ3v) is 3.86. The summed E-state index contributed by atoms with van der Waals surface area (Å²) in [5, 5.41) is 9.29. The van der Waals surface area contributed by atoms with Gasteiger partial charge in [0.25, 0.3) is 0 Å². The first-order valence-corrected chi connectivity index (χ1v) is 5.30. The van der Waals surface area contributed by atoms with Crippen molar-refractivity contribution in [1.82, 2.24) is 0 Å². The Morgan fingerprint density at radius 1 is 1.33 bits per heavy atom. The average Bonchev–Trinajstić information content (AvgIpc) is 2.29. The van der Waals surface area contributed by atoms with E-state index in [-0.39, 0.29) is 16.4 Å². The minimum atomic E-state index is -3.19. The smallest absolute Gasteiger partial charge is 0.182 e. The van der Waals surface area contributed by atoms with Gasteiger partial charge in [0, 0.05) is 0 Å². The van der Waals surface area contributed by atoms with Crippen LogP contribution in [0.25, 0.3) is 0 Å². The Morgan fingerprint density at radius 3 is 2.75 bits per heavy atom. The first kappa shape index (κ1) is 7.61. The van der Waals surface area contributed by atoms with E-state index in [9.17, 15) is 13.5 Å². The molecule has 0 saturated heterocycles. The molecular weight excluding hydrogens is 176 g/mol. The largest absolute Gasteiger partial charge is 0.507 e. The van der Waals surface area contributed by atoms with Crippen molar-refractivity contribution >= 4 is 9.84 Å². The van der Waals surface area contributed by atoms with Gasteiger partial charge in [-0.1, -0.05) is 12.1 Å². The van der Waals surface area contributed by atoms with Crippen LogP contribution >= 0.6 is 0 Å². The molecule has 1 aromatic carbocycles. The lowest BCUT2D eigenvalue weighted by Gasteiger charge is -1.99. The third kappa shape index (κ3) is 0.914. The zero-order valence-corrected chi connectivity index (χ0v) is 7.13. The Labute approximate surface area is 70.6 Å². The lowest BCUT2D eigenvalue weighted by molar-refractivity contribution is 0.459. The van der Waals surface area contributed by atoms with Crippen LogP contribution in [0, 0.1) is 0 Å². The van der Waals surface area contributed by atoms with Gasteiger partial charge < -0.3 is 5.11 Å². The van der Waals surface area contributed by atoms with Crippen LogP contribution in [0.2, 0.25) is 0 Å². The van der Waals surface area contributed by atoms with E-state index in [0.717, 1.165) is 5.56 Å². The predicted molar refractivity (Wildman–Crippen MR) is 43.9 cm³/mol. The summed E-state index contributed by atoms with van der Waals surface area (Å²) in [7, 11) is -3.19. The normalized spacial score (nSPS) is 19.0. The molecule has 0 aromatic heterocycles. The lowest BCUT2D eigenvalue weighted by atomic mass is 10.2. The standard InChI is InChI=1S/C8H8O3S/c9-7-3-1-2-6-4-5-12(10,11)8(6)7/h1-3,9H,4-5H2. The molecule has 3 nitrogen and oxygen atoms in total. The topological polar surface area (TPSA) is 54.4 Å². The molecule has 12 heavy (non-hydrogen) atoms. The quantitative estimate of drug-likeness (QED) is 0.646. The maximum atomic E-state index is 11.3. The van der Waals surface area contributed by atoms with Gasteiger partial charge in [-0.25, -0.2) is 8.42 Å². The average molecular weight is 184 g/mol. The fourth-order valence-electron chi connectivity index (χ4n) is 1.47. The first-order chi connectivity index (χ1) is 5.61. The fourth-order valence-corrected chi connectivity index (χ4v) is 3.12. The van der Waals surface area contributed by atoms with Crippen molar-refractivity contribution in [3.63, 3.8) is 0 Å². The minimum absolute atomic E-state index is 0.120. The molecule has 0 spiro atoms. The molecule has 0 aliphatic carbocycles. The number of sulfone groups is 1. The number of phenols is 1. The zero-order chi connectivity index (χ0) is 8.77. The van der Waals surface area contributed by atoms with E-state index in [1.165, 1.54) is 6.07 Å². The summed E-state index contributed by atoms with van der Waals surface area (Å²) in [6, 6.07) is 4.80. The van der Waals surface area contributed by atoms with E-state index >= 15 is 0 Å². The van der Waals surface area contributed by atoms with Crippen molar-refractivity contribution in [3.8, 4) is 5.75 Å².